The van der Waals surface area contributed by atoms with E-state index in [9.17, 15) is 24.3 Å². The van der Waals surface area contributed by atoms with Crippen molar-refractivity contribution in [2.75, 3.05) is 26.9 Å². The van der Waals surface area contributed by atoms with Gasteiger partial charge >= 0.3 is 23.9 Å². The third-order valence-electron chi connectivity index (χ3n) is 13.3. The predicted octanol–water partition coefficient (Wildman–Crippen LogP) is 11.7. The molecule has 0 spiro atoms. The van der Waals surface area contributed by atoms with Crippen LogP contribution in [0.25, 0.3) is 33.4 Å². The highest BCUT2D eigenvalue weighted by molar-refractivity contribution is 5.76. The molecule has 16 heteroatoms. The minimum atomic E-state index is -1.84. The van der Waals surface area contributed by atoms with Crippen molar-refractivity contribution in [3.8, 4) is 68.8 Å². The minimum absolute atomic E-state index is 0.0450. The van der Waals surface area contributed by atoms with Crippen LogP contribution in [0, 0.1) is 34.0 Å². The molecule has 412 valence electrons. The van der Waals surface area contributed by atoms with Crippen LogP contribution in [0.4, 0.5) is 0 Å². The minimum Gasteiger partial charge on any atom is -0.494 e. The number of aliphatic carboxylic acids is 1. The predicted molar refractivity (Wildman–Crippen MR) is 295 cm³/mol. The number of rotatable bonds is 29. The normalized spacial score (nSPS) is 16.4. The summed E-state index contributed by atoms with van der Waals surface area (Å²) < 4.78 is 46.6. The number of hydrogen-bond donors (Lipinski definition) is 1. The van der Waals surface area contributed by atoms with E-state index in [0.717, 1.165) is 33.4 Å². The first-order valence-corrected chi connectivity index (χ1v) is 26.7. The summed E-state index contributed by atoms with van der Waals surface area (Å²) in [4.78, 5) is 53.3. The molecule has 0 radical (unpaired) electrons. The van der Waals surface area contributed by atoms with Gasteiger partial charge in [0.25, 0.3) is 0 Å². The number of carbonyl (C=O) groups excluding carboxylic acids is 3. The van der Waals surface area contributed by atoms with Crippen LogP contribution in [-0.4, -0.2) is 86.6 Å². The van der Waals surface area contributed by atoms with E-state index in [4.69, 9.17) is 53.7 Å². The number of ether oxygens (including phenoxy) is 8. The molecular weight excluding hydrogens is 1020 g/mol. The van der Waals surface area contributed by atoms with E-state index in [1.807, 2.05) is 109 Å². The molecule has 16 nitrogen and oxygen atoms in total. The van der Waals surface area contributed by atoms with E-state index in [1.165, 1.54) is 7.11 Å². The first-order valence-electron chi connectivity index (χ1n) is 26.7. The Kier molecular flexibility index (Phi) is 22.6. The lowest BCUT2D eigenvalue weighted by Gasteiger charge is -2.42. The topological polar surface area (TPSA) is 234 Å². The van der Waals surface area contributed by atoms with Gasteiger partial charge < -0.3 is 43.0 Å². The van der Waals surface area contributed by atoms with E-state index in [2.05, 4.69) is 18.2 Å². The fourth-order valence-corrected chi connectivity index (χ4v) is 8.88. The number of nitriles is 3. The number of methoxy groups -OCH3 is 1. The summed E-state index contributed by atoms with van der Waals surface area (Å²) in [5, 5.41) is 37.6. The van der Waals surface area contributed by atoms with Crippen molar-refractivity contribution in [3.63, 3.8) is 0 Å². The Morgan fingerprint density at radius 3 is 0.988 bits per heavy atom. The van der Waals surface area contributed by atoms with E-state index in [0.29, 0.717) is 112 Å². The monoisotopic (exact) mass is 1080 g/mol. The molecule has 0 unspecified atom stereocenters. The van der Waals surface area contributed by atoms with Gasteiger partial charge in [-0.1, -0.05) is 72.8 Å². The maximum absolute atomic E-state index is 13.6. The van der Waals surface area contributed by atoms with Crippen LogP contribution in [0.1, 0.15) is 93.7 Å². The fraction of sp³-hybridized carbons (Fsp3) is 0.328. The van der Waals surface area contributed by atoms with Gasteiger partial charge in [0, 0.05) is 26.4 Å². The third-order valence-corrected chi connectivity index (χ3v) is 13.3. The molecule has 1 fully saturated rings. The number of benzene rings is 6. The first kappa shape index (κ1) is 58.7. The van der Waals surface area contributed by atoms with Crippen molar-refractivity contribution >= 4 is 23.9 Å². The van der Waals surface area contributed by atoms with Crippen molar-refractivity contribution in [3.05, 3.63) is 162 Å². The number of carboxylic acid groups (broad SMARTS) is 1. The smallest absolute Gasteiger partial charge is 0.337 e. The maximum atomic E-state index is 13.6. The molecule has 1 aliphatic rings. The molecule has 0 aromatic heterocycles. The zero-order valence-electron chi connectivity index (χ0n) is 44.5. The Balaban J connectivity index is 0.901. The molecule has 0 saturated carbocycles. The van der Waals surface area contributed by atoms with Crippen LogP contribution in [-0.2, 0) is 42.9 Å². The van der Waals surface area contributed by atoms with Crippen LogP contribution in [0.3, 0.4) is 0 Å². The van der Waals surface area contributed by atoms with Gasteiger partial charge in [-0.2, -0.15) is 15.8 Å². The van der Waals surface area contributed by atoms with Gasteiger partial charge in [-0.3, -0.25) is 14.4 Å². The number of hydrogen-bond acceptors (Lipinski definition) is 15. The number of unbranched alkanes of at least 4 members (excludes halogenated alkanes) is 6. The van der Waals surface area contributed by atoms with Crippen molar-refractivity contribution in [2.45, 2.75) is 108 Å². The van der Waals surface area contributed by atoms with Gasteiger partial charge in [0.15, 0.2) is 30.7 Å². The van der Waals surface area contributed by atoms with Gasteiger partial charge in [-0.15, -0.1) is 0 Å². The quantitative estimate of drug-likeness (QED) is 0.0261. The summed E-state index contributed by atoms with van der Waals surface area (Å²) >= 11 is 0. The lowest BCUT2D eigenvalue weighted by atomic mass is 9.97. The highest BCUT2D eigenvalue weighted by atomic mass is 16.7. The molecule has 1 heterocycles. The Morgan fingerprint density at radius 2 is 0.700 bits per heavy atom. The summed E-state index contributed by atoms with van der Waals surface area (Å²) in [7, 11) is 1.23. The lowest BCUT2D eigenvalue weighted by molar-refractivity contribution is -0.296. The van der Waals surface area contributed by atoms with E-state index >= 15 is 0 Å². The van der Waals surface area contributed by atoms with Crippen LogP contribution >= 0.6 is 0 Å². The van der Waals surface area contributed by atoms with E-state index < -0.39 is 54.6 Å². The Hall–Kier alpha value is -9.01. The molecule has 0 aliphatic carbocycles. The van der Waals surface area contributed by atoms with Crippen LogP contribution in [0.2, 0.25) is 0 Å². The molecule has 5 atom stereocenters. The highest BCUT2D eigenvalue weighted by Gasteiger charge is 2.55. The summed E-state index contributed by atoms with van der Waals surface area (Å²) in [6, 6.07) is 51.0. The summed E-state index contributed by atoms with van der Waals surface area (Å²) in [6.45, 7) is 1.14. The zero-order valence-corrected chi connectivity index (χ0v) is 44.5. The molecule has 1 N–H and O–H groups in total. The van der Waals surface area contributed by atoms with Crippen molar-refractivity contribution in [2.24, 2.45) is 0 Å². The van der Waals surface area contributed by atoms with Gasteiger partial charge in [0.05, 0.1) is 54.7 Å². The second-order valence-corrected chi connectivity index (χ2v) is 19.0. The zero-order chi connectivity index (χ0) is 56.5. The fourth-order valence-electron chi connectivity index (χ4n) is 8.88. The van der Waals surface area contributed by atoms with Gasteiger partial charge in [-0.05, 0) is 164 Å². The first-order chi connectivity index (χ1) is 39.0. The summed E-state index contributed by atoms with van der Waals surface area (Å²) in [5.41, 5.74) is 7.60. The number of carboxylic acids is 1. The lowest BCUT2D eigenvalue weighted by Crippen LogP contribution is -2.63. The molecule has 6 aromatic rings. The maximum Gasteiger partial charge on any atom is 0.337 e. The summed E-state index contributed by atoms with van der Waals surface area (Å²) in [5.74, 6) is -1.67. The van der Waals surface area contributed by atoms with Crippen LogP contribution in [0.15, 0.2) is 146 Å². The number of nitrogens with zero attached hydrogens (tertiary/aromatic N) is 3. The average Bonchev–Trinajstić information content (AvgIpc) is 3.50. The van der Waals surface area contributed by atoms with Crippen LogP contribution in [0.5, 0.6) is 17.2 Å². The van der Waals surface area contributed by atoms with Gasteiger partial charge in [-0.25, -0.2) is 4.79 Å². The van der Waals surface area contributed by atoms with Crippen molar-refractivity contribution in [1.82, 2.24) is 0 Å². The Morgan fingerprint density at radius 1 is 0.412 bits per heavy atom. The second-order valence-electron chi connectivity index (χ2n) is 19.0. The molecule has 7 rings (SSSR count). The standard InChI is InChI=1S/C64H63N3O13/c1-73-64-62(79-58(70)13-7-4-10-40-76-55-36-30-52(31-37-55)49-24-18-46(43-67)19-25-49)60(78-57(69)12-6-3-9-39-75-54-34-28-51(29-35-54)48-22-16-45(42-66)17-23-48)59(61(80-64)63(71)72)77-56(68)11-5-2-8-38-74-53-32-26-50(27-33-53)47-20-14-44(41-65)15-21-47/h14-37,59-62,64H,2-13,38-40H2,1H3,(H,71,72)/t59-,60-,61-,62-,64-/m0/s1. The second kappa shape index (κ2) is 30.8. The van der Waals surface area contributed by atoms with Crippen LogP contribution < -0.4 is 14.2 Å². The molecule has 1 aliphatic heterocycles. The Labute approximate surface area is 465 Å². The third kappa shape index (κ3) is 17.8. The van der Waals surface area contributed by atoms with Gasteiger partial charge in [0.1, 0.15) is 17.2 Å². The largest absolute Gasteiger partial charge is 0.494 e. The Bertz CT molecular complexity index is 3070. The summed E-state index contributed by atoms with van der Waals surface area (Å²) in [6.07, 6.45) is -3.59. The molecule has 80 heavy (non-hydrogen) atoms. The number of carbonyl (C=O) groups is 4. The highest BCUT2D eigenvalue weighted by Crippen LogP contribution is 2.32. The number of esters is 3. The molecular formula is C64H63N3O13. The average molecular weight is 1080 g/mol. The van der Waals surface area contributed by atoms with Crippen molar-refractivity contribution in [1.29, 1.82) is 15.8 Å². The SMILES string of the molecule is CO[C@H]1O[C@H](C(=O)O)[C@@H](OC(=O)CCCCCOc2ccc(-c3ccc(C#N)cc3)cc2)[C@H](OC(=O)CCCCCOc2ccc(-c3ccc(C#N)cc3)cc2)[C@@H]1OC(=O)CCCCCOc1ccc(-c2ccc(C#N)cc2)cc1. The van der Waals surface area contributed by atoms with E-state index in [1.54, 1.807) is 36.4 Å². The van der Waals surface area contributed by atoms with E-state index in [-0.39, 0.29) is 19.3 Å². The molecule has 1 saturated heterocycles. The molecule has 0 amide bonds. The molecule has 0 bridgehead atoms. The van der Waals surface area contributed by atoms with Crippen molar-refractivity contribution < 1.29 is 62.2 Å². The van der Waals surface area contributed by atoms with Gasteiger partial charge in [0.2, 0.25) is 0 Å². The molecule has 6 aromatic carbocycles.